The zero-order chi connectivity index (χ0) is 17.6. The van der Waals surface area contributed by atoms with Crippen LogP contribution in [0.1, 0.15) is 33.6 Å². The summed E-state index contributed by atoms with van der Waals surface area (Å²) in [5.41, 5.74) is 0.0610. The first-order valence-corrected chi connectivity index (χ1v) is 9.36. The number of amides is 5. The third-order valence-corrected chi connectivity index (χ3v) is 6.10. The molecule has 1 N–H and O–H groups in total. The van der Waals surface area contributed by atoms with Crippen molar-refractivity contribution in [3.05, 3.63) is 35.4 Å². The maximum absolute atomic E-state index is 12.6. The molecule has 130 valence electrons. The minimum atomic E-state index is -0.753. The second-order valence-corrected chi connectivity index (χ2v) is 7.54. The number of benzene rings is 1. The Balaban J connectivity index is 1.39. The van der Waals surface area contributed by atoms with Gasteiger partial charge >= 0.3 is 6.03 Å². The van der Waals surface area contributed by atoms with Gasteiger partial charge in [0.25, 0.3) is 17.7 Å². The highest BCUT2D eigenvalue weighted by atomic mass is 32.2. The van der Waals surface area contributed by atoms with E-state index < -0.39 is 5.54 Å². The summed E-state index contributed by atoms with van der Waals surface area (Å²) in [4.78, 5) is 51.7. The first kappa shape index (κ1) is 16.1. The Hall–Kier alpha value is -2.35. The van der Waals surface area contributed by atoms with E-state index in [1.807, 2.05) is 0 Å². The molecule has 3 aliphatic heterocycles. The number of imide groups is 2. The lowest BCUT2D eigenvalue weighted by Crippen LogP contribution is -2.47. The molecule has 3 aliphatic rings. The molecule has 1 unspecified atom stereocenters. The van der Waals surface area contributed by atoms with E-state index >= 15 is 0 Å². The highest BCUT2D eigenvalue weighted by molar-refractivity contribution is 7.99. The normalized spacial score (nSPS) is 25.3. The van der Waals surface area contributed by atoms with Crippen LogP contribution >= 0.6 is 11.8 Å². The van der Waals surface area contributed by atoms with E-state index in [9.17, 15) is 19.2 Å². The third kappa shape index (κ3) is 2.43. The summed E-state index contributed by atoms with van der Waals surface area (Å²) >= 11 is 1.66. The van der Waals surface area contributed by atoms with Crippen LogP contribution in [0.2, 0.25) is 0 Å². The summed E-state index contributed by atoms with van der Waals surface area (Å²) in [6.45, 7) is 0.385. The quantitative estimate of drug-likeness (QED) is 0.643. The Kier molecular flexibility index (Phi) is 3.79. The molecule has 0 radical (unpaired) electrons. The fourth-order valence-corrected chi connectivity index (χ4v) is 4.87. The molecule has 0 aliphatic carbocycles. The number of hydrogen-bond acceptors (Lipinski definition) is 5. The second-order valence-electron chi connectivity index (χ2n) is 6.43. The number of thioether (sulfide) groups is 1. The van der Waals surface area contributed by atoms with Crippen LogP contribution in [0, 0.1) is 0 Å². The zero-order valence-corrected chi connectivity index (χ0v) is 14.3. The van der Waals surface area contributed by atoms with E-state index in [2.05, 4.69) is 5.32 Å². The van der Waals surface area contributed by atoms with Crippen molar-refractivity contribution in [2.24, 2.45) is 0 Å². The number of rotatable bonds is 4. The van der Waals surface area contributed by atoms with Crippen molar-refractivity contribution in [2.45, 2.75) is 18.4 Å². The van der Waals surface area contributed by atoms with E-state index in [4.69, 9.17) is 0 Å². The van der Waals surface area contributed by atoms with Gasteiger partial charge in [-0.15, -0.1) is 0 Å². The van der Waals surface area contributed by atoms with Crippen LogP contribution in [-0.2, 0) is 4.79 Å². The van der Waals surface area contributed by atoms with Crippen molar-refractivity contribution in [1.82, 2.24) is 15.1 Å². The second kappa shape index (κ2) is 5.87. The Morgan fingerprint density at radius 2 is 1.64 bits per heavy atom. The lowest BCUT2D eigenvalue weighted by molar-refractivity contribution is -0.130. The molecule has 7 nitrogen and oxygen atoms in total. The van der Waals surface area contributed by atoms with Gasteiger partial charge in [0, 0.05) is 18.8 Å². The molecule has 1 aromatic rings. The summed E-state index contributed by atoms with van der Waals surface area (Å²) < 4.78 is 0. The molecule has 0 saturated carbocycles. The number of hydrogen-bond donors (Lipinski definition) is 1. The molecule has 2 saturated heterocycles. The smallest absolute Gasteiger partial charge is 0.322 e. The van der Waals surface area contributed by atoms with Crippen LogP contribution in [0.5, 0.6) is 0 Å². The minimum Gasteiger partial charge on any atom is -0.322 e. The van der Waals surface area contributed by atoms with Crippen molar-refractivity contribution in [2.75, 3.05) is 24.6 Å². The average molecular weight is 359 g/mol. The molecule has 0 aromatic heterocycles. The lowest BCUT2D eigenvalue weighted by Gasteiger charge is -2.20. The third-order valence-electron chi connectivity index (χ3n) is 4.91. The molecule has 2 fully saturated rings. The molecule has 1 atom stereocenters. The number of urea groups is 1. The van der Waals surface area contributed by atoms with Gasteiger partial charge in [0.1, 0.15) is 5.54 Å². The van der Waals surface area contributed by atoms with E-state index in [0.717, 1.165) is 5.75 Å². The van der Waals surface area contributed by atoms with Gasteiger partial charge in [0.2, 0.25) is 0 Å². The predicted molar refractivity (Wildman–Crippen MR) is 91.3 cm³/mol. The molecule has 4 rings (SSSR count). The first-order valence-electron chi connectivity index (χ1n) is 8.21. The molecule has 0 bridgehead atoms. The monoisotopic (exact) mass is 359 g/mol. The maximum Gasteiger partial charge on any atom is 0.325 e. The van der Waals surface area contributed by atoms with E-state index in [-0.39, 0.29) is 36.8 Å². The molecule has 8 heteroatoms. The van der Waals surface area contributed by atoms with Crippen molar-refractivity contribution in [3.63, 3.8) is 0 Å². The molecule has 3 heterocycles. The zero-order valence-electron chi connectivity index (χ0n) is 13.5. The average Bonchev–Trinajstić information content (AvgIpc) is 3.24. The highest BCUT2D eigenvalue weighted by Gasteiger charge is 2.52. The summed E-state index contributed by atoms with van der Waals surface area (Å²) in [6, 6.07) is 6.33. The van der Waals surface area contributed by atoms with E-state index in [0.29, 0.717) is 29.7 Å². The molecule has 1 aromatic carbocycles. The van der Waals surface area contributed by atoms with E-state index in [1.165, 1.54) is 9.80 Å². The van der Waals surface area contributed by atoms with Crippen LogP contribution in [0.25, 0.3) is 0 Å². The largest absolute Gasteiger partial charge is 0.325 e. The lowest BCUT2D eigenvalue weighted by atomic mass is 9.99. The fraction of sp³-hybridized carbons (Fsp3) is 0.412. The molecular weight excluding hydrogens is 342 g/mol. The first-order chi connectivity index (χ1) is 12.0. The van der Waals surface area contributed by atoms with Crippen LogP contribution < -0.4 is 5.32 Å². The number of nitrogens with one attached hydrogen (secondary N) is 1. The number of nitrogens with zero attached hydrogens (tertiary/aromatic N) is 2. The van der Waals surface area contributed by atoms with Crippen molar-refractivity contribution >= 4 is 35.5 Å². The van der Waals surface area contributed by atoms with Gasteiger partial charge in [0.05, 0.1) is 11.1 Å². The minimum absolute atomic E-state index is 0.186. The number of carbonyl (C=O) groups is 4. The molecule has 25 heavy (non-hydrogen) atoms. The van der Waals surface area contributed by atoms with Crippen LogP contribution in [0.4, 0.5) is 4.79 Å². The number of fused-ring (bicyclic) bond motifs is 1. The van der Waals surface area contributed by atoms with Gasteiger partial charge in [-0.25, -0.2) is 4.79 Å². The summed E-state index contributed by atoms with van der Waals surface area (Å²) in [5.74, 6) is 0.634. The van der Waals surface area contributed by atoms with Gasteiger partial charge in [0.15, 0.2) is 0 Å². The topological polar surface area (TPSA) is 86.8 Å². The predicted octanol–water partition coefficient (Wildman–Crippen LogP) is 1.10. The van der Waals surface area contributed by atoms with Crippen LogP contribution in [-0.4, -0.2) is 63.7 Å². The Labute approximate surface area is 148 Å². The standard InChI is InChI=1S/C17H17N3O4S/c21-13-11-4-1-2-5-12(11)14(22)19(13)7-3-8-20-15(23)17(18-16(20)24)6-9-25-10-17/h1-2,4-5H,3,6-10H2,(H,18,24). The summed E-state index contributed by atoms with van der Waals surface area (Å²) in [5, 5.41) is 2.81. The van der Waals surface area contributed by atoms with E-state index in [1.54, 1.807) is 36.0 Å². The van der Waals surface area contributed by atoms with Gasteiger partial charge in [-0.05, 0) is 30.7 Å². The van der Waals surface area contributed by atoms with Gasteiger partial charge in [-0.2, -0.15) is 11.8 Å². The maximum atomic E-state index is 12.6. The van der Waals surface area contributed by atoms with Crippen molar-refractivity contribution < 1.29 is 19.2 Å². The van der Waals surface area contributed by atoms with Crippen molar-refractivity contribution in [1.29, 1.82) is 0 Å². The van der Waals surface area contributed by atoms with Gasteiger partial charge in [-0.3, -0.25) is 24.2 Å². The molecule has 5 amide bonds. The van der Waals surface area contributed by atoms with Gasteiger partial charge in [-0.1, -0.05) is 12.1 Å². The molecule has 1 spiro atoms. The molecular formula is C17H17N3O4S. The number of carbonyl (C=O) groups excluding carboxylic acids is 4. The van der Waals surface area contributed by atoms with Crippen LogP contribution in [0.15, 0.2) is 24.3 Å². The van der Waals surface area contributed by atoms with Gasteiger partial charge < -0.3 is 5.32 Å². The Morgan fingerprint density at radius 1 is 1.00 bits per heavy atom. The summed E-state index contributed by atoms with van der Waals surface area (Å²) in [7, 11) is 0. The SMILES string of the molecule is O=C1NC2(CCSC2)C(=O)N1CCCN1C(=O)c2ccccc2C1=O. The van der Waals surface area contributed by atoms with Crippen LogP contribution in [0.3, 0.4) is 0 Å². The Bertz CT molecular complexity index is 753. The van der Waals surface area contributed by atoms with Crippen molar-refractivity contribution in [3.8, 4) is 0 Å². The highest BCUT2D eigenvalue weighted by Crippen LogP contribution is 2.33. The summed E-state index contributed by atoms with van der Waals surface area (Å²) in [6.07, 6.45) is 1.02. The Morgan fingerprint density at radius 3 is 2.24 bits per heavy atom. The fourth-order valence-electron chi connectivity index (χ4n) is 3.54.